The van der Waals surface area contributed by atoms with Crippen LogP contribution in [0, 0.1) is 0 Å². The van der Waals surface area contributed by atoms with E-state index in [1.807, 2.05) is 22.9 Å². The van der Waals surface area contributed by atoms with Gasteiger partial charge in [0.1, 0.15) is 17.1 Å². The van der Waals surface area contributed by atoms with Gasteiger partial charge in [0.15, 0.2) is 0 Å². The fourth-order valence-electron chi connectivity index (χ4n) is 4.14. The number of hydrogen-bond donors (Lipinski definition) is 0. The number of anilines is 1. The van der Waals surface area contributed by atoms with Crippen LogP contribution in [0.5, 0.6) is 11.5 Å². The standard InChI is InChI=1S/C24H29ClN4O4/c1-31-21-15-22(32-2)19(25)14-18(21)20-16-29-8-6-17(13-23(29)26-20)28-11-9-27(10-12-28)7-4-5-24(30)33-3/h6,8,13-16H,4-5,7,9-12H2,1-3H3. The molecular formula is C24H29ClN4O4. The van der Waals surface area contributed by atoms with Crippen LogP contribution < -0.4 is 14.4 Å². The summed E-state index contributed by atoms with van der Waals surface area (Å²) in [5, 5.41) is 0.510. The molecule has 0 amide bonds. The van der Waals surface area contributed by atoms with Crippen LogP contribution in [-0.2, 0) is 9.53 Å². The molecule has 8 nitrogen and oxygen atoms in total. The summed E-state index contributed by atoms with van der Waals surface area (Å²) in [7, 11) is 4.63. The van der Waals surface area contributed by atoms with Gasteiger partial charge in [-0.2, -0.15) is 0 Å². The van der Waals surface area contributed by atoms with Crippen molar-refractivity contribution in [2.75, 3.05) is 59.0 Å². The van der Waals surface area contributed by atoms with Gasteiger partial charge in [-0.15, -0.1) is 0 Å². The average molecular weight is 473 g/mol. The molecule has 2 aromatic heterocycles. The van der Waals surface area contributed by atoms with E-state index in [2.05, 4.69) is 21.9 Å². The number of benzene rings is 1. The van der Waals surface area contributed by atoms with Gasteiger partial charge < -0.3 is 23.5 Å². The van der Waals surface area contributed by atoms with Crippen molar-refractivity contribution in [1.82, 2.24) is 14.3 Å². The molecule has 3 aromatic rings. The van der Waals surface area contributed by atoms with Gasteiger partial charge in [-0.1, -0.05) is 11.6 Å². The lowest BCUT2D eigenvalue weighted by molar-refractivity contribution is -0.140. The van der Waals surface area contributed by atoms with Gasteiger partial charge >= 0.3 is 5.97 Å². The molecule has 9 heteroatoms. The van der Waals surface area contributed by atoms with E-state index in [1.54, 1.807) is 20.3 Å². The van der Waals surface area contributed by atoms with Crippen LogP contribution in [-0.4, -0.2) is 74.3 Å². The third-order valence-electron chi connectivity index (χ3n) is 6.01. The molecule has 1 aliphatic heterocycles. The third-order valence-corrected chi connectivity index (χ3v) is 6.31. The second-order valence-corrected chi connectivity index (χ2v) is 8.38. The summed E-state index contributed by atoms with van der Waals surface area (Å²) in [4.78, 5) is 20.9. The molecular weight excluding hydrogens is 444 g/mol. The fourth-order valence-corrected chi connectivity index (χ4v) is 4.38. The van der Waals surface area contributed by atoms with Crippen molar-refractivity contribution in [1.29, 1.82) is 0 Å². The van der Waals surface area contributed by atoms with Gasteiger partial charge in [-0.05, 0) is 25.1 Å². The number of carbonyl (C=O) groups excluding carboxylic acids is 1. The number of imidazole rings is 1. The second-order valence-electron chi connectivity index (χ2n) is 7.97. The van der Waals surface area contributed by atoms with Crippen LogP contribution in [0.15, 0.2) is 36.7 Å². The quantitative estimate of drug-likeness (QED) is 0.462. The third kappa shape index (κ3) is 5.17. The zero-order chi connectivity index (χ0) is 23.4. The van der Waals surface area contributed by atoms with Gasteiger partial charge in [0.2, 0.25) is 0 Å². The maximum Gasteiger partial charge on any atom is 0.305 e. The van der Waals surface area contributed by atoms with Crippen LogP contribution in [0.25, 0.3) is 16.9 Å². The van der Waals surface area contributed by atoms with Crippen molar-refractivity contribution >= 4 is 28.9 Å². The van der Waals surface area contributed by atoms with Crippen molar-refractivity contribution in [2.24, 2.45) is 0 Å². The Morgan fingerprint density at radius 3 is 2.52 bits per heavy atom. The summed E-state index contributed by atoms with van der Waals surface area (Å²) in [6.07, 6.45) is 5.30. The minimum Gasteiger partial charge on any atom is -0.496 e. The highest BCUT2D eigenvalue weighted by atomic mass is 35.5. The number of esters is 1. The Labute approximate surface area is 198 Å². The van der Waals surface area contributed by atoms with Gasteiger partial charge in [0.25, 0.3) is 0 Å². The molecule has 1 aliphatic rings. The summed E-state index contributed by atoms with van der Waals surface area (Å²) in [6.45, 7) is 4.72. The number of carbonyl (C=O) groups is 1. The van der Waals surface area contributed by atoms with E-state index < -0.39 is 0 Å². The average Bonchev–Trinajstić information content (AvgIpc) is 3.27. The van der Waals surface area contributed by atoms with Crippen molar-refractivity contribution < 1.29 is 19.0 Å². The lowest BCUT2D eigenvalue weighted by Crippen LogP contribution is -2.46. The number of ether oxygens (including phenoxy) is 3. The molecule has 1 fully saturated rings. The van der Waals surface area contributed by atoms with Crippen LogP contribution in [0.4, 0.5) is 5.69 Å². The van der Waals surface area contributed by atoms with E-state index in [9.17, 15) is 4.79 Å². The first-order valence-electron chi connectivity index (χ1n) is 11.0. The molecule has 1 saturated heterocycles. The van der Waals surface area contributed by atoms with Crippen LogP contribution in [0.1, 0.15) is 12.8 Å². The van der Waals surface area contributed by atoms with E-state index in [0.29, 0.717) is 22.9 Å². The van der Waals surface area contributed by atoms with E-state index in [0.717, 1.165) is 61.7 Å². The molecule has 0 bridgehead atoms. The molecule has 176 valence electrons. The van der Waals surface area contributed by atoms with Crippen molar-refractivity contribution in [3.63, 3.8) is 0 Å². The molecule has 33 heavy (non-hydrogen) atoms. The Bertz CT molecular complexity index is 1130. The van der Waals surface area contributed by atoms with Crippen molar-refractivity contribution in [3.05, 3.63) is 41.7 Å². The number of hydrogen-bond acceptors (Lipinski definition) is 7. The summed E-state index contributed by atoms with van der Waals surface area (Å²) in [6, 6.07) is 7.82. The predicted octanol–water partition coefficient (Wildman–Crippen LogP) is 3.75. The Morgan fingerprint density at radius 2 is 1.82 bits per heavy atom. The molecule has 3 heterocycles. The lowest BCUT2D eigenvalue weighted by Gasteiger charge is -2.36. The van der Waals surface area contributed by atoms with Crippen LogP contribution in [0.2, 0.25) is 5.02 Å². The number of rotatable bonds is 8. The van der Waals surface area contributed by atoms with Crippen LogP contribution >= 0.6 is 11.6 Å². The molecule has 1 aromatic carbocycles. The maximum absolute atomic E-state index is 11.3. The Morgan fingerprint density at radius 1 is 1.06 bits per heavy atom. The minimum atomic E-state index is -0.143. The minimum absolute atomic E-state index is 0.143. The van der Waals surface area contributed by atoms with Crippen molar-refractivity contribution in [2.45, 2.75) is 12.8 Å². The highest BCUT2D eigenvalue weighted by Crippen LogP contribution is 2.38. The maximum atomic E-state index is 11.3. The molecule has 0 N–H and O–H groups in total. The van der Waals surface area contributed by atoms with Crippen molar-refractivity contribution in [3.8, 4) is 22.8 Å². The number of halogens is 1. The van der Waals surface area contributed by atoms with E-state index in [1.165, 1.54) is 7.11 Å². The monoisotopic (exact) mass is 472 g/mol. The molecule has 0 spiro atoms. The molecule has 0 aliphatic carbocycles. The first kappa shape index (κ1) is 23.2. The largest absolute Gasteiger partial charge is 0.496 e. The zero-order valence-corrected chi connectivity index (χ0v) is 20.0. The number of fused-ring (bicyclic) bond motifs is 1. The predicted molar refractivity (Wildman–Crippen MR) is 129 cm³/mol. The number of piperazine rings is 1. The smallest absolute Gasteiger partial charge is 0.305 e. The highest BCUT2D eigenvalue weighted by molar-refractivity contribution is 6.32. The summed E-state index contributed by atoms with van der Waals surface area (Å²) < 4.78 is 17.6. The Kier molecular flexibility index (Phi) is 7.25. The van der Waals surface area contributed by atoms with E-state index in [4.69, 9.17) is 30.8 Å². The summed E-state index contributed by atoms with van der Waals surface area (Å²) >= 11 is 6.35. The van der Waals surface area contributed by atoms with Gasteiger partial charge in [-0.3, -0.25) is 9.69 Å². The van der Waals surface area contributed by atoms with Gasteiger partial charge in [-0.25, -0.2) is 4.98 Å². The van der Waals surface area contributed by atoms with Gasteiger partial charge in [0, 0.05) is 68.4 Å². The second kappa shape index (κ2) is 10.3. The summed E-state index contributed by atoms with van der Waals surface area (Å²) in [5.41, 5.74) is 3.60. The number of pyridine rings is 1. The van der Waals surface area contributed by atoms with E-state index >= 15 is 0 Å². The number of nitrogens with zero attached hydrogens (tertiary/aromatic N) is 4. The molecule has 4 rings (SSSR count). The summed E-state index contributed by atoms with van der Waals surface area (Å²) in [5.74, 6) is 1.08. The molecule has 0 atom stereocenters. The first-order valence-corrected chi connectivity index (χ1v) is 11.3. The molecule has 0 radical (unpaired) electrons. The van der Waals surface area contributed by atoms with E-state index in [-0.39, 0.29) is 5.97 Å². The number of methoxy groups -OCH3 is 3. The highest BCUT2D eigenvalue weighted by Gasteiger charge is 2.19. The van der Waals surface area contributed by atoms with Crippen LogP contribution in [0.3, 0.4) is 0 Å². The first-order chi connectivity index (χ1) is 16.0. The van der Waals surface area contributed by atoms with Gasteiger partial charge in [0.05, 0.1) is 32.0 Å². The zero-order valence-electron chi connectivity index (χ0n) is 19.2. The molecule has 0 unspecified atom stereocenters. The Hall–Kier alpha value is -2.97. The normalized spacial score (nSPS) is 14.5. The lowest BCUT2D eigenvalue weighted by atomic mass is 10.1. The Balaban J connectivity index is 1.46. The molecule has 0 saturated carbocycles. The fraction of sp³-hybridized carbons (Fsp3) is 0.417. The SMILES string of the molecule is COC(=O)CCCN1CCN(c2ccn3cc(-c4cc(Cl)c(OC)cc4OC)nc3c2)CC1. The number of aromatic nitrogens is 2. The topological polar surface area (TPSA) is 68.5 Å².